The average molecular weight is 397 g/mol. The number of anilines is 2. The van der Waals surface area contributed by atoms with Crippen LogP contribution >= 0.6 is 11.3 Å². The van der Waals surface area contributed by atoms with E-state index in [-0.39, 0.29) is 29.8 Å². The molecule has 1 aliphatic carbocycles. The zero-order valence-electron chi connectivity index (χ0n) is 15.1. The molecule has 1 aromatic carbocycles. The molecular weight excluding hydrogens is 378 g/mol. The van der Waals surface area contributed by atoms with Crippen LogP contribution < -0.4 is 16.3 Å². The Morgan fingerprint density at radius 3 is 2.79 bits per heavy atom. The SMILES string of the molecule is O=C(Cc1csc(NC(=O)C2CCCC2)n1)Nc1cc2ccccc2oc1=O. The summed E-state index contributed by atoms with van der Waals surface area (Å²) in [6.45, 7) is 0. The van der Waals surface area contributed by atoms with Gasteiger partial charge in [0.1, 0.15) is 11.3 Å². The van der Waals surface area contributed by atoms with Gasteiger partial charge in [-0.25, -0.2) is 9.78 Å². The largest absolute Gasteiger partial charge is 0.421 e. The molecule has 0 unspecified atom stereocenters. The number of rotatable bonds is 5. The Morgan fingerprint density at radius 2 is 1.96 bits per heavy atom. The van der Waals surface area contributed by atoms with Gasteiger partial charge in [0.05, 0.1) is 12.1 Å². The molecule has 1 saturated carbocycles. The molecule has 0 bridgehead atoms. The predicted octanol–water partition coefficient (Wildman–Crippen LogP) is 3.56. The minimum absolute atomic E-state index is 0.00205. The summed E-state index contributed by atoms with van der Waals surface area (Å²) in [4.78, 5) is 40.8. The molecule has 8 heteroatoms. The molecule has 144 valence electrons. The Morgan fingerprint density at radius 1 is 1.18 bits per heavy atom. The van der Waals surface area contributed by atoms with Crippen LogP contribution in [0.2, 0.25) is 0 Å². The first-order chi connectivity index (χ1) is 13.6. The molecule has 4 rings (SSSR count). The third-order valence-corrected chi connectivity index (χ3v) is 5.57. The second-order valence-electron chi connectivity index (χ2n) is 6.82. The van der Waals surface area contributed by atoms with Gasteiger partial charge < -0.3 is 15.1 Å². The lowest BCUT2D eigenvalue weighted by Gasteiger charge is -2.07. The normalized spacial score (nSPS) is 14.3. The van der Waals surface area contributed by atoms with Gasteiger partial charge >= 0.3 is 5.63 Å². The number of thiazole rings is 1. The number of hydrogen-bond donors (Lipinski definition) is 2. The first-order valence-corrected chi connectivity index (χ1v) is 10.0. The molecule has 0 saturated heterocycles. The smallest absolute Gasteiger partial charge is 0.360 e. The summed E-state index contributed by atoms with van der Waals surface area (Å²) in [6, 6.07) is 8.68. The molecule has 0 aliphatic heterocycles. The van der Waals surface area contributed by atoms with Crippen LogP contribution in [-0.4, -0.2) is 16.8 Å². The summed E-state index contributed by atoms with van der Waals surface area (Å²) in [5.41, 5.74) is 0.491. The average Bonchev–Trinajstić information content (AvgIpc) is 3.34. The van der Waals surface area contributed by atoms with Crippen molar-refractivity contribution in [2.24, 2.45) is 5.92 Å². The van der Waals surface area contributed by atoms with Crippen molar-refractivity contribution < 1.29 is 14.0 Å². The molecule has 1 fully saturated rings. The number of amides is 2. The lowest BCUT2D eigenvalue weighted by Crippen LogP contribution is -2.21. The summed E-state index contributed by atoms with van der Waals surface area (Å²) in [7, 11) is 0. The van der Waals surface area contributed by atoms with Gasteiger partial charge in [0.25, 0.3) is 0 Å². The highest BCUT2D eigenvalue weighted by atomic mass is 32.1. The zero-order valence-corrected chi connectivity index (χ0v) is 15.9. The number of nitrogens with zero attached hydrogens (tertiary/aromatic N) is 1. The fourth-order valence-corrected chi connectivity index (χ4v) is 4.06. The van der Waals surface area contributed by atoms with Gasteiger partial charge in [-0.2, -0.15) is 0 Å². The van der Waals surface area contributed by atoms with Gasteiger partial charge in [0, 0.05) is 16.7 Å². The minimum atomic E-state index is -0.602. The summed E-state index contributed by atoms with van der Waals surface area (Å²) in [5.74, 6) is -0.319. The second-order valence-corrected chi connectivity index (χ2v) is 7.68. The van der Waals surface area contributed by atoms with Crippen LogP contribution in [-0.2, 0) is 16.0 Å². The summed E-state index contributed by atoms with van der Waals surface area (Å²) in [6.07, 6.45) is 4.01. The fraction of sp³-hybridized carbons (Fsp3) is 0.300. The van der Waals surface area contributed by atoms with Crippen LogP contribution in [0.15, 0.2) is 44.9 Å². The molecule has 0 radical (unpaired) electrons. The van der Waals surface area contributed by atoms with Crippen molar-refractivity contribution in [1.29, 1.82) is 0 Å². The predicted molar refractivity (Wildman–Crippen MR) is 108 cm³/mol. The highest BCUT2D eigenvalue weighted by molar-refractivity contribution is 7.13. The van der Waals surface area contributed by atoms with Crippen molar-refractivity contribution in [3.63, 3.8) is 0 Å². The number of fused-ring (bicyclic) bond motifs is 1. The first kappa shape index (κ1) is 18.4. The van der Waals surface area contributed by atoms with E-state index in [1.807, 2.05) is 6.07 Å². The lowest BCUT2D eigenvalue weighted by atomic mass is 10.1. The standard InChI is InChI=1S/C20H19N3O4S/c24-17(22-15-9-13-7-3-4-8-16(13)27-19(15)26)10-14-11-28-20(21-14)23-18(25)12-5-1-2-6-12/h3-4,7-9,11-12H,1-2,5-6,10H2,(H,22,24)(H,21,23,25). The minimum Gasteiger partial charge on any atom is -0.421 e. The summed E-state index contributed by atoms with van der Waals surface area (Å²) < 4.78 is 5.21. The van der Waals surface area contributed by atoms with E-state index in [1.54, 1.807) is 29.6 Å². The monoisotopic (exact) mass is 397 g/mol. The third-order valence-electron chi connectivity index (χ3n) is 4.77. The van der Waals surface area contributed by atoms with Crippen LogP contribution in [0.25, 0.3) is 11.0 Å². The Kier molecular flexibility index (Phi) is 5.21. The molecule has 0 spiro atoms. The molecule has 0 atom stereocenters. The quantitative estimate of drug-likeness (QED) is 0.641. The molecule has 7 nitrogen and oxygen atoms in total. The Hall–Kier alpha value is -3.00. The van der Waals surface area contributed by atoms with E-state index < -0.39 is 5.63 Å². The van der Waals surface area contributed by atoms with Gasteiger partial charge in [0.15, 0.2) is 5.13 Å². The highest BCUT2D eigenvalue weighted by Crippen LogP contribution is 2.26. The van der Waals surface area contributed by atoms with Gasteiger partial charge in [-0.15, -0.1) is 11.3 Å². The van der Waals surface area contributed by atoms with Crippen LogP contribution in [0, 0.1) is 5.92 Å². The number of benzene rings is 1. The maximum atomic E-state index is 12.3. The lowest BCUT2D eigenvalue weighted by molar-refractivity contribution is -0.119. The molecule has 2 heterocycles. The maximum Gasteiger partial charge on any atom is 0.360 e. The Balaban J connectivity index is 1.39. The summed E-state index contributed by atoms with van der Waals surface area (Å²) in [5, 5.41) is 8.35. The topological polar surface area (TPSA) is 101 Å². The molecular formula is C20H19N3O4S. The van der Waals surface area contributed by atoms with E-state index in [1.165, 1.54) is 11.3 Å². The number of carbonyl (C=O) groups excluding carboxylic acids is 2. The van der Waals surface area contributed by atoms with Gasteiger partial charge in [-0.3, -0.25) is 9.59 Å². The van der Waals surface area contributed by atoms with Crippen molar-refractivity contribution in [2.75, 3.05) is 10.6 Å². The number of aromatic nitrogens is 1. The molecule has 1 aliphatic rings. The highest BCUT2D eigenvalue weighted by Gasteiger charge is 2.23. The van der Waals surface area contributed by atoms with Crippen molar-refractivity contribution >= 4 is 44.9 Å². The molecule has 28 heavy (non-hydrogen) atoms. The number of nitrogens with one attached hydrogen (secondary N) is 2. The van der Waals surface area contributed by atoms with Crippen molar-refractivity contribution in [3.8, 4) is 0 Å². The van der Waals surface area contributed by atoms with Crippen LogP contribution in [0.5, 0.6) is 0 Å². The van der Waals surface area contributed by atoms with Gasteiger partial charge in [-0.1, -0.05) is 31.0 Å². The molecule has 2 N–H and O–H groups in total. The summed E-state index contributed by atoms with van der Waals surface area (Å²) >= 11 is 1.29. The van der Waals surface area contributed by atoms with E-state index in [4.69, 9.17) is 4.42 Å². The Bertz CT molecular complexity index is 1080. The Labute approximate surface area is 164 Å². The van der Waals surface area contributed by atoms with E-state index in [2.05, 4.69) is 15.6 Å². The number of para-hydroxylation sites is 1. The second kappa shape index (κ2) is 7.93. The molecule has 2 amide bonds. The van der Waals surface area contributed by atoms with Gasteiger partial charge in [0.2, 0.25) is 11.8 Å². The maximum absolute atomic E-state index is 12.3. The van der Waals surface area contributed by atoms with Gasteiger partial charge in [-0.05, 0) is 25.0 Å². The number of carbonyl (C=O) groups is 2. The van der Waals surface area contributed by atoms with Crippen molar-refractivity contribution in [3.05, 3.63) is 51.8 Å². The van der Waals surface area contributed by atoms with E-state index >= 15 is 0 Å². The van der Waals surface area contributed by atoms with Crippen LogP contribution in [0.3, 0.4) is 0 Å². The van der Waals surface area contributed by atoms with Crippen LogP contribution in [0.4, 0.5) is 10.8 Å². The number of hydrogen-bond acceptors (Lipinski definition) is 6. The van der Waals surface area contributed by atoms with Crippen LogP contribution in [0.1, 0.15) is 31.4 Å². The van der Waals surface area contributed by atoms with Crippen molar-refractivity contribution in [1.82, 2.24) is 4.98 Å². The molecule has 2 aromatic heterocycles. The molecule has 3 aromatic rings. The first-order valence-electron chi connectivity index (χ1n) is 9.16. The third kappa shape index (κ3) is 4.12. The van der Waals surface area contributed by atoms with Crippen molar-refractivity contribution in [2.45, 2.75) is 32.1 Å². The fourth-order valence-electron chi connectivity index (χ4n) is 3.35. The van der Waals surface area contributed by atoms with E-state index in [9.17, 15) is 14.4 Å². The van der Waals surface area contributed by atoms with E-state index in [0.29, 0.717) is 16.4 Å². The zero-order chi connectivity index (χ0) is 19.5. The van der Waals surface area contributed by atoms with E-state index in [0.717, 1.165) is 31.1 Å².